The normalized spacial score (nSPS) is 16.8. The first-order valence-corrected chi connectivity index (χ1v) is 9.20. The Morgan fingerprint density at radius 3 is 2.36 bits per heavy atom. The summed E-state index contributed by atoms with van der Waals surface area (Å²) in [6.07, 6.45) is 0.653. The van der Waals surface area contributed by atoms with Crippen LogP contribution >= 0.6 is 0 Å². The molecule has 2 rings (SSSR count). The zero-order valence-corrected chi connectivity index (χ0v) is 14.6. The summed E-state index contributed by atoms with van der Waals surface area (Å²) >= 11 is 0. The summed E-state index contributed by atoms with van der Waals surface area (Å²) in [5, 5.41) is 0. The zero-order valence-electron chi connectivity index (χ0n) is 13.8. The third-order valence-corrected chi connectivity index (χ3v) is 5.76. The lowest BCUT2D eigenvalue weighted by Gasteiger charge is -2.35. The van der Waals surface area contributed by atoms with E-state index in [2.05, 4.69) is 14.9 Å². The Labute approximate surface area is 133 Å². The summed E-state index contributed by atoms with van der Waals surface area (Å²) in [7, 11) is 0.787. The molecule has 0 atom stereocenters. The standard InChI is InChI=1S/C14H25N5O2S/c1-5-10-22(20,21)19-8-6-18(7-9-19)14-11-13(17(3)4)15-12(2)16-14/h11H,5-10H2,1-4H3. The topological polar surface area (TPSA) is 69.6 Å². The van der Waals surface area contributed by atoms with Gasteiger partial charge in [0, 0.05) is 46.3 Å². The number of aryl methyl sites for hydroxylation is 1. The number of hydrogen-bond acceptors (Lipinski definition) is 6. The van der Waals surface area contributed by atoms with Gasteiger partial charge in [-0.05, 0) is 13.3 Å². The summed E-state index contributed by atoms with van der Waals surface area (Å²) in [5.74, 6) is 2.68. The van der Waals surface area contributed by atoms with Crippen molar-refractivity contribution in [3.63, 3.8) is 0 Å². The quantitative estimate of drug-likeness (QED) is 0.793. The minimum atomic E-state index is -3.10. The minimum absolute atomic E-state index is 0.227. The van der Waals surface area contributed by atoms with Crippen molar-refractivity contribution in [2.75, 3.05) is 55.8 Å². The van der Waals surface area contributed by atoms with Crippen LogP contribution in [-0.2, 0) is 10.0 Å². The molecule has 0 bridgehead atoms. The average Bonchev–Trinajstić information content (AvgIpc) is 2.46. The summed E-state index contributed by atoms with van der Waals surface area (Å²) < 4.78 is 25.8. The molecule has 1 aliphatic heterocycles. The fourth-order valence-corrected chi connectivity index (χ4v) is 4.00. The highest BCUT2D eigenvalue weighted by atomic mass is 32.2. The lowest BCUT2D eigenvalue weighted by atomic mass is 10.3. The molecule has 0 amide bonds. The molecular weight excluding hydrogens is 302 g/mol. The molecule has 8 heteroatoms. The van der Waals surface area contributed by atoms with E-state index in [1.54, 1.807) is 4.31 Å². The lowest BCUT2D eigenvalue weighted by molar-refractivity contribution is 0.383. The maximum atomic E-state index is 12.1. The maximum Gasteiger partial charge on any atom is 0.214 e. The van der Waals surface area contributed by atoms with Crippen LogP contribution in [0.15, 0.2) is 6.07 Å². The van der Waals surface area contributed by atoms with Gasteiger partial charge in [-0.1, -0.05) is 6.92 Å². The van der Waals surface area contributed by atoms with Crippen molar-refractivity contribution in [3.8, 4) is 0 Å². The third-order valence-electron chi connectivity index (χ3n) is 3.69. The van der Waals surface area contributed by atoms with E-state index in [9.17, 15) is 8.42 Å². The van der Waals surface area contributed by atoms with Gasteiger partial charge in [0.2, 0.25) is 10.0 Å². The smallest absolute Gasteiger partial charge is 0.214 e. The van der Waals surface area contributed by atoms with Gasteiger partial charge >= 0.3 is 0 Å². The van der Waals surface area contributed by atoms with Crippen LogP contribution in [0, 0.1) is 6.92 Å². The van der Waals surface area contributed by atoms with Crippen molar-refractivity contribution in [2.24, 2.45) is 0 Å². The summed E-state index contributed by atoms with van der Waals surface area (Å²) in [5.41, 5.74) is 0. The fourth-order valence-electron chi connectivity index (χ4n) is 2.51. The number of anilines is 2. The number of nitrogens with zero attached hydrogens (tertiary/aromatic N) is 5. The van der Waals surface area contributed by atoms with Gasteiger partial charge in [-0.15, -0.1) is 0 Å². The van der Waals surface area contributed by atoms with Crippen LogP contribution in [0.25, 0.3) is 0 Å². The highest BCUT2D eigenvalue weighted by molar-refractivity contribution is 7.89. The largest absolute Gasteiger partial charge is 0.363 e. The van der Waals surface area contributed by atoms with E-state index in [0.717, 1.165) is 17.5 Å². The number of hydrogen-bond donors (Lipinski definition) is 0. The Kier molecular flexibility index (Phi) is 5.23. The molecule has 0 saturated carbocycles. The molecule has 7 nitrogen and oxygen atoms in total. The zero-order chi connectivity index (χ0) is 16.3. The lowest BCUT2D eigenvalue weighted by Crippen LogP contribution is -2.49. The van der Waals surface area contributed by atoms with Gasteiger partial charge in [-0.2, -0.15) is 4.31 Å². The van der Waals surface area contributed by atoms with Crippen molar-refractivity contribution < 1.29 is 8.42 Å². The molecule has 0 aliphatic carbocycles. The number of rotatable bonds is 5. The van der Waals surface area contributed by atoms with Gasteiger partial charge in [-0.25, -0.2) is 18.4 Å². The van der Waals surface area contributed by atoms with Gasteiger partial charge in [0.15, 0.2) is 0 Å². The van der Waals surface area contributed by atoms with Gasteiger partial charge in [0.05, 0.1) is 5.75 Å². The molecule has 1 aromatic heterocycles. The Morgan fingerprint density at radius 2 is 1.82 bits per heavy atom. The van der Waals surface area contributed by atoms with E-state index < -0.39 is 10.0 Å². The SMILES string of the molecule is CCCS(=O)(=O)N1CCN(c2cc(N(C)C)nc(C)n2)CC1. The molecule has 124 valence electrons. The second-order valence-electron chi connectivity index (χ2n) is 5.73. The number of piperazine rings is 1. The molecule has 22 heavy (non-hydrogen) atoms. The average molecular weight is 327 g/mol. The Hall–Kier alpha value is -1.41. The molecular formula is C14H25N5O2S. The monoisotopic (exact) mass is 327 g/mol. The Bertz CT molecular complexity index is 610. The molecule has 1 aromatic rings. The van der Waals surface area contributed by atoms with Gasteiger partial charge in [0.25, 0.3) is 0 Å². The predicted octanol–water partition coefficient (Wildman–Crippen LogP) is 0.713. The highest BCUT2D eigenvalue weighted by Crippen LogP contribution is 2.20. The van der Waals surface area contributed by atoms with Crippen LogP contribution in [-0.4, -0.2) is 68.7 Å². The number of sulfonamides is 1. The number of aromatic nitrogens is 2. The Balaban J connectivity index is 2.09. The minimum Gasteiger partial charge on any atom is -0.363 e. The van der Waals surface area contributed by atoms with Crippen LogP contribution in [0.5, 0.6) is 0 Å². The van der Waals surface area contributed by atoms with Crippen molar-refractivity contribution in [1.82, 2.24) is 14.3 Å². The molecule has 0 radical (unpaired) electrons. The predicted molar refractivity (Wildman–Crippen MR) is 89.0 cm³/mol. The van der Waals surface area contributed by atoms with E-state index in [0.29, 0.717) is 32.6 Å². The van der Waals surface area contributed by atoms with Crippen LogP contribution in [0.1, 0.15) is 19.2 Å². The third kappa shape index (κ3) is 3.86. The summed E-state index contributed by atoms with van der Waals surface area (Å²) in [6, 6.07) is 1.95. The van der Waals surface area contributed by atoms with Crippen molar-refractivity contribution >= 4 is 21.7 Å². The van der Waals surface area contributed by atoms with Crippen molar-refractivity contribution in [1.29, 1.82) is 0 Å². The van der Waals surface area contributed by atoms with Crippen molar-refractivity contribution in [3.05, 3.63) is 11.9 Å². The van der Waals surface area contributed by atoms with Gasteiger partial charge < -0.3 is 9.80 Å². The molecule has 1 fully saturated rings. The van der Waals surface area contributed by atoms with Gasteiger partial charge in [-0.3, -0.25) is 0 Å². The van der Waals surface area contributed by atoms with Crippen LogP contribution in [0.3, 0.4) is 0 Å². The first-order chi connectivity index (χ1) is 10.3. The second-order valence-corrected chi connectivity index (χ2v) is 7.82. The fraction of sp³-hybridized carbons (Fsp3) is 0.714. The molecule has 1 saturated heterocycles. The Morgan fingerprint density at radius 1 is 1.18 bits per heavy atom. The van der Waals surface area contributed by atoms with E-state index in [4.69, 9.17) is 0 Å². The van der Waals surface area contributed by atoms with E-state index in [1.165, 1.54) is 0 Å². The van der Waals surface area contributed by atoms with Crippen molar-refractivity contribution in [2.45, 2.75) is 20.3 Å². The molecule has 1 aliphatic rings. The summed E-state index contributed by atoms with van der Waals surface area (Å²) in [4.78, 5) is 12.9. The van der Waals surface area contributed by atoms with E-state index in [1.807, 2.05) is 38.9 Å². The van der Waals surface area contributed by atoms with Crippen LogP contribution < -0.4 is 9.80 Å². The molecule has 0 spiro atoms. The highest BCUT2D eigenvalue weighted by Gasteiger charge is 2.26. The first kappa shape index (κ1) is 17.0. The molecule has 2 heterocycles. The maximum absolute atomic E-state index is 12.1. The van der Waals surface area contributed by atoms with E-state index in [-0.39, 0.29) is 5.75 Å². The molecule has 0 unspecified atom stereocenters. The molecule has 0 aromatic carbocycles. The first-order valence-electron chi connectivity index (χ1n) is 7.59. The molecule has 0 N–H and O–H groups in total. The summed E-state index contributed by atoms with van der Waals surface area (Å²) in [6.45, 7) is 6.11. The van der Waals surface area contributed by atoms with E-state index >= 15 is 0 Å². The van der Waals surface area contributed by atoms with Gasteiger partial charge in [0.1, 0.15) is 17.5 Å². The van der Waals surface area contributed by atoms with Crippen LogP contribution in [0.2, 0.25) is 0 Å². The second kappa shape index (κ2) is 6.78. The van der Waals surface area contributed by atoms with Crippen LogP contribution in [0.4, 0.5) is 11.6 Å².